The average molecular weight is 1720 g/mol. The smallest absolute Gasteiger partial charge is 0.320 e. The Morgan fingerprint density at radius 1 is 0.433 bits per heavy atom. The summed E-state index contributed by atoms with van der Waals surface area (Å²) in [7, 11) is 5.57. The van der Waals surface area contributed by atoms with Crippen molar-refractivity contribution in [1.82, 2.24) is 64.1 Å². The molecule has 0 aromatic carbocycles. The normalized spacial score (nSPS) is 28.2. The van der Waals surface area contributed by atoms with Crippen molar-refractivity contribution >= 4 is 17.8 Å². The van der Waals surface area contributed by atoms with Crippen molar-refractivity contribution in [3.8, 4) is 0 Å². The molecule has 710 valence electrons. The number of piperazine rings is 1. The molecule has 0 aromatic rings. The van der Waals surface area contributed by atoms with Crippen LogP contribution in [0, 0.1) is 52.3 Å². The Morgan fingerprint density at radius 2 is 0.833 bits per heavy atom. The number of halogens is 2. The number of morpholine rings is 1. The number of alkyl halides is 2. The van der Waals surface area contributed by atoms with Gasteiger partial charge < -0.3 is 54.0 Å². The summed E-state index contributed by atoms with van der Waals surface area (Å²) in [5.41, 5.74) is 1.77. The largest absolute Gasteiger partial charge is 0.380 e. The Bertz CT molecular complexity index is 2590. The third kappa shape index (κ3) is 40.1. The van der Waals surface area contributed by atoms with Crippen molar-refractivity contribution in [2.75, 3.05) is 183 Å². The monoisotopic (exact) mass is 1720 g/mol. The molecule has 8 unspecified atom stereocenters. The molecule has 16 rings (SSSR count). The second-order valence-electron chi connectivity index (χ2n) is 46.0. The topological polar surface area (TPSA) is 86.4 Å². The second-order valence-corrected chi connectivity index (χ2v) is 47.2. The number of urea groups is 1. The van der Waals surface area contributed by atoms with Gasteiger partial charge >= 0.3 is 6.03 Å². The summed E-state index contributed by atoms with van der Waals surface area (Å²) in [6.07, 6.45) is 26.1. The van der Waals surface area contributed by atoms with E-state index in [9.17, 15) is 13.6 Å². The number of nitrogens with zero attached hydrogens (tertiary/aromatic N) is 12. The Hall–Kier alpha value is -1.04. The molecule has 120 heavy (non-hydrogen) atoms. The van der Waals surface area contributed by atoms with Crippen molar-refractivity contribution in [3.63, 3.8) is 0 Å². The van der Waals surface area contributed by atoms with Crippen molar-refractivity contribution in [2.24, 2.45) is 52.3 Å². The Balaban J connectivity index is 0.000000236. The summed E-state index contributed by atoms with van der Waals surface area (Å²) in [6, 6.07) is 7.34. The summed E-state index contributed by atoms with van der Waals surface area (Å²) in [5.74, 6) is 7.66. The fourth-order valence-corrected chi connectivity index (χ4v) is 20.8. The molecule has 4 saturated carbocycles. The first-order chi connectivity index (χ1) is 56.1. The number of carbonyl (C=O) groups is 1. The highest BCUT2D eigenvalue weighted by Gasteiger charge is 2.50. The van der Waals surface area contributed by atoms with Crippen LogP contribution in [0.1, 0.15) is 322 Å². The van der Waals surface area contributed by atoms with E-state index in [0.29, 0.717) is 52.1 Å². The van der Waals surface area contributed by atoms with E-state index in [-0.39, 0.29) is 24.9 Å². The van der Waals surface area contributed by atoms with Crippen LogP contribution in [0.25, 0.3) is 0 Å². The molecule has 19 heteroatoms. The third-order valence-electron chi connectivity index (χ3n) is 29.6. The second kappa shape index (κ2) is 53.3. The number of piperidine rings is 6. The van der Waals surface area contributed by atoms with Gasteiger partial charge in [0.05, 0.1) is 26.4 Å². The first-order valence-corrected chi connectivity index (χ1v) is 51.5. The lowest BCUT2D eigenvalue weighted by Gasteiger charge is -2.57. The Morgan fingerprint density at radius 3 is 1.18 bits per heavy atom. The van der Waals surface area contributed by atoms with Gasteiger partial charge in [-0.15, -0.1) is 0 Å². The molecule has 16 nitrogen and oxygen atoms in total. The van der Waals surface area contributed by atoms with E-state index in [4.69, 9.17) is 9.47 Å². The SMILES string of the molecule is CC(C)(C)N1CC2CC2C1.CC(C)(C)N1CCOCC1.CC(C)N(C)C1CC(F)(F)C1.CC(C)N1CC2CC(C1)N2C(=O)N(C)C.CC(C)N1CC2CCCCC2C1.CC(C)N1CCC2(CC1)COC2.CC(C)N1CCC2CCCCC2C1.CC(C)N1CCCCC1.CC(C)N1CCSCC1.CC(C)NCC(C)(C)C.CC1CCN(C(C)C)CC1. The van der Waals surface area contributed by atoms with E-state index in [0.717, 1.165) is 137 Å². The molecule has 12 saturated heterocycles. The first kappa shape index (κ1) is 109. The van der Waals surface area contributed by atoms with Crippen molar-refractivity contribution in [1.29, 1.82) is 0 Å². The van der Waals surface area contributed by atoms with Gasteiger partial charge in [0.25, 0.3) is 5.92 Å². The molecule has 8 atom stereocenters. The standard InChI is InChI=1S/C12H23N.C11H21N3O.C11H21N.C10H19NO.C9H17N.C9H19N.C8H15F2N.C8H17NO.C8H17N.C8H19N.C7H15NS/c1-10(2)13-8-7-11-5-3-4-6-12(11)9-13;1-8(2)13-6-9-5-10(7-13)14(9)11(15)12(3)4;1-9(2)12-7-10-5-3-4-6-11(10)8-12;1-9(2)11-5-3-10(4-6-11)7-12-8-10;1-9(2,3)10-5-7-4-8(7)6-10;1-8(2)10-6-4-9(3)5-7-10;1-6(2)11(3)7-4-8(9,10)5-7;1-8(2,3)9-4-6-10-7-5-9;1-8(2)9-6-4-3-5-7-9;1-7(2)9-6-8(3,4)5;1-7(2)8-3-5-9-6-4-8/h10-12H,3-9H2,1-2H3;8-10H,5-7H2,1-4H3;9-11H,3-8H2,1-2H3;9H,3-8H2,1-2H3;7-8H,4-6H2,1-3H3;8-9H,4-7H2,1-3H3;6-7H,4-5H2,1-3H3;4-7H2,1-3H3;8H,3-7H2,1-2H3;7,9H,6H2,1-5H3;7H,3-6H2,1-2H3. The fraction of sp³-hybridized carbons (Fsp3) is 0.990. The highest BCUT2D eigenvalue weighted by Crippen LogP contribution is 2.47. The van der Waals surface area contributed by atoms with Gasteiger partial charge in [0, 0.05) is 206 Å². The predicted molar refractivity (Wildman–Crippen MR) is 516 cm³/mol. The van der Waals surface area contributed by atoms with E-state index in [1.807, 2.05) is 39.9 Å². The number of hydrogen-bond acceptors (Lipinski definition) is 15. The molecule has 0 radical (unpaired) electrons. The molecule has 2 amide bonds. The minimum absolute atomic E-state index is 0.0433. The number of rotatable bonds is 11. The molecule has 4 aliphatic carbocycles. The Kier molecular flexibility index (Phi) is 48.6. The van der Waals surface area contributed by atoms with Crippen LogP contribution in [0.4, 0.5) is 13.6 Å². The van der Waals surface area contributed by atoms with Gasteiger partial charge in [0.2, 0.25) is 0 Å². The number of hydrogen-bond donors (Lipinski definition) is 1. The van der Waals surface area contributed by atoms with E-state index >= 15 is 0 Å². The zero-order valence-corrected chi connectivity index (χ0v) is 85.9. The van der Waals surface area contributed by atoms with E-state index < -0.39 is 5.92 Å². The highest BCUT2D eigenvalue weighted by atomic mass is 32.2. The molecule has 12 heterocycles. The maximum Gasteiger partial charge on any atom is 0.320 e. The van der Waals surface area contributed by atoms with E-state index in [1.54, 1.807) is 4.90 Å². The van der Waals surface area contributed by atoms with Crippen LogP contribution in [0.5, 0.6) is 0 Å². The number of fused-ring (bicyclic) bond motifs is 5. The number of likely N-dealkylation sites (tertiary alicyclic amines) is 6. The molecular weight excluding hydrogens is 1510 g/mol. The van der Waals surface area contributed by atoms with Gasteiger partial charge in [-0.25, -0.2) is 13.6 Å². The maximum atomic E-state index is 12.4. The minimum Gasteiger partial charge on any atom is -0.380 e. The predicted octanol–water partition coefficient (Wildman–Crippen LogP) is 20.2. The van der Waals surface area contributed by atoms with Crippen molar-refractivity contribution < 1.29 is 23.0 Å². The van der Waals surface area contributed by atoms with Gasteiger partial charge in [-0.2, -0.15) is 11.8 Å². The van der Waals surface area contributed by atoms with E-state index in [2.05, 4.69) is 246 Å². The zero-order valence-electron chi connectivity index (χ0n) is 85.0. The van der Waals surface area contributed by atoms with Crippen molar-refractivity contribution in [2.45, 2.75) is 412 Å². The van der Waals surface area contributed by atoms with Crippen LogP contribution in [0.2, 0.25) is 0 Å². The highest BCUT2D eigenvalue weighted by molar-refractivity contribution is 7.99. The number of amides is 2. The summed E-state index contributed by atoms with van der Waals surface area (Å²) < 4.78 is 35.3. The van der Waals surface area contributed by atoms with Crippen LogP contribution < -0.4 is 5.32 Å². The van der Waals surface area contributed by atoms with Crippen LogP contribution in [0.15, 0.2) is 0 Å². The van der Waals surface area contributed by atoms with Gasteiger partial charge in [-0.05, 0) is 329 Å². The molecule has 2 bridgehead atoms. The molecule has 1 N–H and O–H groups in total. The minimum atomic E-state index is -2.38. The number of nitrogens with one attached hydrogen (secondary N) is 1. The number of ether oxygens (including phenoxy) is 2. The lowest BCUT2D eigenvalue weighted by molar-refractivity contribution is -0.141. The van der Waals surface area contributed by atoms with Crippen molar-refractivity contribution in [3.05, 3.63) is 0 Å². The fourth-order valence-electron chi connectivity index (χ4n) is 19.9. The summed E-state index contributed by atoms with van der Waals surface area (Å²) in [5, 5.41) is 3.39. The molecule has 1 spiro atoms. The summed E-state index contributed by atoms with van der Waals surface area (Å²) in [4.78, 5) is 40.7. The van der Waals surface area contributed by atoms with E-state index in [1.165, 1.54) is 219 Å². The van der Waals surface area contributed by atoms with Gasteiger partial charge in [0.15, 0.2) is 0 Å². The molecule has 16 fully saturated rings. The maximum absolute atomic E-state index is 12.4. The molecule has 12 aliphatic heterocycles. The zero-order chi connectivity index (χ0) is 89.6. The molecule has 0 aromatic heterocycles. The lowest BCUT2D eigenvalue weighted by atomic mass is 9.75. The van der Waals surface area contributed by atoms with Crippen LogP contribution in [0.3, 0.4) is 0 Å². The quantitative estimate of drug-likeness (QED) is 0.213. The van der Waals surface area contributed by atoms with Gasteiger partial charge in [0.1, 0.15) is 0 Å². The number of carbonyl (C=O) groups excluding carboxylic acids is 1. The average Bonchev–Trinajstić information content (AvgIpc) is 1.19. The summed E-state index contributed by atoms with van der Waals surface area (Å²) >= 11 is 2.07. The lowest BCUT2D eigenvalue weighted by Crippen LogP contribution is -2.72. The van der Waals surface area contributed by atoms with Gasteiger partial charge in [-0.3, -0.25) is 19.6 Å². The summed E-state index contributed by atoms with van der Waals surface area (Å²) in [6.45, 7) is 91.2. The third-order valence-corrected chi connectivity index (χ3v) is 30.5. The first-order valence-electron chi connectivity index (χ1n) is 50.3. The van der Waals surface area contributed by atoms with Crippen LogP contribution in [-0.2, 0) is 9.47 Å². The van der Waals surface area contributed by atoms with Gasteiger partial charge in [-0.1, -0.05) is 80.1 Å². The van der Waals surface area contributed by atoms with Crippen LogP contribution in [-0.4, -0.2) is 338 Å². The molecule has 16 aliphatic rings. The Labute approximate surface area is 748 Å². The molecular formula is C101H203F2N13O3S. The van der Waals surface area contributed by atoms with Crippen LogP contribution >= 0.6 is 11.8 Å². The number of thioether (sulfide) groups is 1.